The maximum absolute atomic E-state index is 13.7. The number of hydrogen-bond acceptors (Lipinski definition) is 6. The van der Waals surface area contributed by atoms with Gasteiger partial charge < -0.3 is 26.2 Å². The minimum absolute atomic E-state index is 0.156. The number of pyridine rings is 1. The van der Waals surface area contributed by atoms with Gasteiger partial charge in [-0.15, -0.1) is 0 Å². The Morgan fingerprint density at radius 2 is 1.45 bits per heavy atom. The lowest BCUT2D eigenvalue weighted by Gasteiger charge is -2.38. The molecule has 0 aliphatic heterocycles. The number of benzene rings is 2. The second-order valence-electron chi connectivity index (χ2n) is 11.2. The number of alkyl halides is 3. The molecule has 47 heavy (non-hydrogen) atoms. The van der Waals surface area contributed by atoms with Crippen molar-refractivity contribution >= 4 is 29.6 Å². The number of aliphatic carboxylic acids is 2. The SMILES string of the molecule is O=C(O)C(F)(F)F.O=C(O)CC(NC(=O)C1(NC(=O)CCCCNc2ccccn2)CCCCC1)c1ccc(-c2ccccc2)cc1. The van der Waals surface area contributed by atoms with Gasteiger partial charge in [0.1, 0.15) is 11.4 Å². The predicted molar refractivity (Wildman–Crippen MR) is 169 cm³/mol. The predicted octanol–water partition coefficient (Wildman–Crippen LogP) is 6.12. The lowest BCUT2D eigenvalue weighted by Crippen LogP contribution is -2.60. The van der Waals surface area contributed by atoms with Gasteiger partial charge in [-0.2, -0.15) is 13.2 Å². The quantitative estimate of drug-likeness (QED) is 0.138. The van der Waals surface area contributed by atoms with E-state index >= 15 is 0 Å². The highest BCUT2D eigenvalue weighted by Crippen LogP contribution is 2.31. The summed E-state index contributed by atoms with van der Waals surface area (Å²) in [7, 11) is 0. The van der Waals surface area contributed by atoms with Gasteiger partial charge in [0.15, 0.2) is 0 Å². The minimum Gasteiger partial charge on any atom is -0.481 e. The number of rotatable bonds is 13. The number of nitrogens with zero attached hydrogens (tertiary/aromatic N) is 1. The van der Waals surface area contributed by atoms with Gasteiger partial charge in [0, 0.05) is 19.2 Å². The third-order valence-corrected chi connectivity index (χ3v) is 7.67. The molecule has 2 aromatic carbocycles. The van der Waals surface area contributed by atoms with Crippen LogP contribution in [0, 0.1) is 0 Å². The number of carbonyl (C=O) groups is 4. The first-order valence-electron chi connectivity index (χ1n) is 15.3. The summed E-state index contributed by atoms with van der Waals surface area (Å²) in [5.41, 5.74) is 1.76. The molecular formula is C34H39F3N4O6. The summed E-state index contributed by atoms with van der Waals surface area (Å²) < 4.78 is 31.7. The minimum atomic E-state index is -5.08. The van der Waals surface area contributed by atoms with E-state index in [9.17, 15) is 32.7 Å². The van der Waals surface area contributed by atoms with Crippen LogP contribution < -0.4 is 16.0 Å². The van der Waals surface area contributed by atoms with E-state index in [1.165, 1.54) is 0 Å². The van der Waals surface area contributed by atoms with E-state index in [1.807, 2.05) is 72.8 Å². The molecule has 252 valence electrons. The van der Waals surface area contributed by atoms with Gasteiger partial charge in [-0.25, -0.2) is 9.78 Å². The summed E-state index contributed by atoms with van der Waals surface area (Å²) in [5, 5.41) is 26.0. The number of halogens is 3. The molecule has 5 N–H and O–H groups in total. The summed E-state index contributed by atoms with van der Waals surface area (Å²) in [6.45, 7) is 0.704. The molecule has 13 heteroatoms. The lowest BCUT2D eigenvalue weighted by molar-refractivity contribution is -0.192. The average Bonchev–Trinajstić information content (AvgIpc) is 3.05. The second-order valence-corrected chi connectivity index (χ2v) is 11.2. The number of carbonyl (C=O) groups excluding carboxylic acids is 2. The molecule has 10 nitrogen and oxygen atoms in total. The van der Waals surface area contributed by atoms with Crippen LogP contribution in [0.2, 0.25) is 0 Å². The molecule has 2 amide bonds. The lowest BCUT2D eigenvalue weighted by atomic mass is 9.80. The molecule has 0 radical (unpaired) electrons. The molecule has 0 spiro atoms. The van der Waals surface area contributed by atoms with Crippen LogP contribution in [0.3, 0.4) is 0 Å². The monoisotopic (exact) mass is 656 g/mol. The fraction of sp³-hybridized carbons (Fsp3) is 0.382. The smallest absolute Gasteiger partial charge is 0.481 e. The maximum Gasteiger partial charge on any atom is 0.490 e. The highest BCUT2D eigenvalue weighted by atomic mass is 19.4. The van der Waals surface area contributed by atoms with Crippen LogP contribution in [0.4, 0.5) is 19.0 Å². The average molecular weight is 657 g/mol. The molecule has 0 saturated heterocycles. The van der Waals surface area contributed by atoms with Crippen LogP contribution in [0.1, 0.15) is 69.4 Å². The van der Waals surface area contributed by atoms with E-state index in [2.05, 4.69) is 20.9 Å². The van der Waals surface area contributed by atoms with E-state index in [1.54, 1.807) is 6.20 Å². The number of anilines is 1. The molecule has 1 fully saturated rings. The molecule has 1 saturated carbocycles. The molecule has 1 aliphatic carbocycles. The van der Waals surface area contributed by atoms with Crippen molar-refractivity contribution in [2.45, 2.75) is 75.5 Å². The first kappa shape index (κ1) is 36.5. The number of unbranched alkanes of at least 4 members (excludes halogenated alkanes) is 1. The molecule has 3 aromatic rings. The van der Waals surface area contributed by atoms with Gasteiger partial charge in [-0.1, -0.05) is 79.9 Å². The van der Waals surface area contributed by atoms with Crippen molar-refractivity contribution in [3.63, 3.8) is 0 Å². The number of hydrogen-bond donors (Lipinski definition) is 5. The van der Waals surface area contributed by atoms with Gasteiger partial charge in [0.05, 0.1) is 12.5 Å². The molecule has 1 aromatic heterocycles. The van der Waals surface area contributed by atoms with Gasteiger partial charge in [0.25, 0.3) is 0 Å². The van der Waals surface area contributed by atoms with Crippen LogP contribution >= 0.6 is 0 Å². The van der Waals surface area contributed by atoms with E-state index in [0.717, 1.165) is 42.6 Å². The van der Waals surface area contributed by atoms with Crippen molar-refractivity contribution in [3.05, 3.63) is 84.6 Å². The Morgan fingerprint density at radius 3 is 2.02 bits per heavy atom. The molecule has 1 atom stereocenters. The topological polar surface area (TPSA) is 158 Å². The molecular weight excluding hydrogens is 617 g/mol. The number of amides is 2. The van der Waals surface area contributed by atoms with E-state index in [0.29, 0.717) is 37.8 Å². The van der Waals surface area contributed by atoms with E-state index < -0.39 is 29.7 Å². The maximum atomic E-state index is 13.7. The van der Waals surface area contributed by atoms with E-state index in [4.69, 9.17) is 9.90 Å². The zero-order chi connectivity index (χ0) is 34.3. The van der Waals surface area contributed by atoms with Crippen molar-refractivity contribution in [1.82, 2.24) is 15.6 Å². The fourth-order valence-electron chi connectivity index (χ4n) is 5.25. The Morgan fingerprint density at radius 1 is 0.830 bits per heavy atom. The number of aromatic nitrogens is 1. The fourth-order valence-corrected chi connectivity index (χ4v) is 5.25. The zero-order valence-electron chi connectivity index (χ0n) is 25.8. The first-order valence-corrected chi connectivity index (χ1v) is 15.3. The van der Waals surface area contributed by atoms with Crippen molar-refractivity contribution in [2.75, 3.05) is 11.9 Å². The summed E-state index contributed by atoms with van der Waals surface area (Å²) >= 11 is 0. The Labute approximate surface area is 270 Å². The van der Waals surface area contributed by atoms with Crippen LogP contribution in [-0.4, -0.2) is 57.2 Å². The highest BCUT2D eigenvalue weighted by molar-refractivity contribution is 5.92. The van der Waals surface area contributed by atoms with Gasteiger partial charge in [-0.3, -0.25) is 14.4 Å². The summed E-state index contributed by atoms with van der Waals surface area (Å²) in [4.78, 5) is 51.5. The van der Waals surface area contributed by atoms with Crippen molar-refractivity contribution in [3.8, 4) is 11.1 Å². The Balaban J connectivity index is 0.000000771. The summed E-state index contributed by atoms with van der Waals surface area (Å²) in [5.74, 6) is -3.42. The molecule has 1 aliphatic rings. The van der Waals surface area contributed by atoms with Crippen LogP contribution in [0.5, 0.6) is 0 Å². The van der Waals surface area contributed by atoms with Crippen LogP contribution in [0.15, 0.2) is 79.0 Å². The van der Waals surface area contributed by atoms with Crippen molar-refractivity contribution in [2.24, 2.45) is 0 Å². The third kappa shape index (κ3) is 12.1. The normalized spacial score (nSPS) is 14.4. The number of nitrogens with one attached hydrogen (secondary N) is 3. The Kier molecular flexibility index (Phi) is 13.7. The molecule has 0 bridgehead atoms. The highest BCUT2D eigenvalue weighted by Gasteiger charge is 2.42. The number of carboxylic acid groups (broad SMARTS) is 2. The van der Waals surface area contributed by atoms with Gasteiger partial charge >= 0.3 is 18.1 Å². The van der Waals surface area contributed by atoms with Crippen molar-refractivity contribution < 1.29 is 42.6 Å². The molecule has 1 unspecified atom stereocenters. The Hall–Kier alpha value is -4.94. The number of carboxylic acids is 2. The van der Waals surface area contributed by atoms with Crippen LogP contribution in [-0.2, 0) is 19.2 Å². The Bertz CT molecular complexity index is 1450. The summed E-state index contributed by atoms with van der Waals surface area (Å²) in [6.07, 6.45) is 1.93. The molecule has 4 rings (SSSR count). The standard InChI is InChI=1S/C32H38N4O4.C2HF3O2/c37-29(14-6-10-22-34-28-13-5-9-21-33-28)36-32(19-7-2-8-20-32)31(40)35-27(23-30(38)39)26-17-15-25(16-18-26)24-11-3-1-4-12-24;3-2(4,5)1(6)7/h1,3-5,9,11-13,15-18,21,27H,2,6-8,10,14,19-20,22-23H2,(H,33,34)(H,35,40)(H,36,37)(H,38,39);(H,6,7). The second kappa shape index (κ2) is 17.7. The zero-order valence-corrected chi connectivity index (χ0v) is 25.8. The van der Waals surface area contributed by atoms with E-state index in [-0.39, 0.29) is 18.2 Å². The summed E-state index contributed by atoms with van der Waals surface area (Å²) in [6, 6.07) is 22.5. The van der Waals surface area contributed by atoms with Gasteiger partial charge in [0.2, 0.25) is 11.8 Å². The first-order chi connectivity index (χ1) is 22.4. The largest absolute Gasteiger partial charge is 0.490 e. The van der Waals surface area contributed by atoms with Gasteiger partial charge in [-0.05, 0) is 54.5 Å². The molecule has 1 heterocycles. The van der Waals surface area contributed by atoms with Crippen molar-refractivity contribution in [1.29, 1.82) is 0 Å². The third-order valence-electron chi connectivity index (χ3n) is 7.67. The van der Waals surface area contributed by atoms with Crippen LogP contribution in [0.25, 0.3) is 11.1 Å².